The fraction of sp³-hybridized carbons (Fsp3) is 0.500. The molecule has 0 bridgehead atoms. The van der Waals surface area contributed by atoms with Gasteiger partial charge in [0.25, 0.3) is 0 Å². The number of nitriles is 1. The van der Waals surface area contributed by atoms with Crippen LogP contribution in [0.2, 0.25) is 0 Å². The van der Waals surface area contributed by atoms with E-state index >= 15 is 0 Å². The van der Waals surface area contributed by atoms with Crippen molar-refractivity contribution in [1.82, 2.24) is 4.90 Å². The van der Waals surface area contributed by atoms with Gasteiger partial charge in [-0.1, -0.05) is 19.3 Å². The van der Waals surface area contributed by atoms with Gasteiger partial charge in [-0.3, -0.25) is 4.79 Å². The molecule has 0 spiro atoms. The van der Waals surface area contributed by atoms with Crippen LogP contribution in [-0.2, 0) is 4.79 Å². The van der Waals surface area contributed by atoms with E-state index in [0.717, 1.165) is 41.4 Å². The minimum Gasteiger partial charge on any atom is -0.376 e. The number of hydrogen-bond donors (Lipinski definition) is 1. The van der Waals surface area contributed by atoms with Crippen LogP contribution in [0.1, 0.15) is 32.1 Å². The van der Waals surface area contributed by atoms with E-state index in [1.54, 1.807) is 11.9 Å². The average molecular weight is 397 g/mol. The molecule has 0 saturated heterocycles. The summed E-state index contributed by atoms with van der Waals surface area (Å²) in [6.07, 6.45) is 4.78. The Morgan fingerprint density at radius 1 is 1.33 bits per heavy atom. The van der Waals surface area contributed by atoms with E-state index in [1.807, 2.05) is 24.3 Å². The number of halogens is 1. The Kier molecular flexibility index (Phi) is 5.45. The molecule has 21 heavy (non-hydrogen) atoms. The van der Waals surface area contributed by atoms with E-state index in [9.17, 15) is 10.1 Å². The number of carbonyl (C=O) groups is 1. The fourth-order valence-corrected chi connectivity index (χ4v) is 3.12. The molecule has 1 N–H and O–H groups in total. The molecule has 2 rings (SSSR count). The first-order chi connectivity index (χ1) is 10.1. The minimum absolute atomic E-state index is 0.0306. The number of anilines is 1. The quantitative estimate of drug-likeness (QED) is 0.793. The van der Waals surface area contributed by atoms with Crippen molar-refractivity contribution in [2.24, 2.45) is 0 Å². The molecule has 0 unspecified atom stereocenters. The summed E-state index contributed by atoms with van der Waals surface area (Å²) in [7, 11) is 1.76. The molecule has 1 fully saturated rings. The molecule has 5 heteroatoms. The SMILES string of the molecule is CN(C(=O)CNc1ccc(I)cc1)C1(C#N)CCCCC1. The van der Waals surface area contributed by atoms with Crippen LogP contribution in [0, 0.1) is 14.9 Å². The summed E-state index contributed by atoms with van der Waals surface area (Å²) in [4.78, 5) is 14.0. The lowest BCUT2D eigenvalue weighted by Crippen LogP contribution is -2.51. The molecule has 1 aromatic rings. The average Bonchev–Trinajstić information content (AvgIpc) is 2.54. The highest BCUT2D eigenvalue weighted by Gasteiger charge is 2.38. The standard InChI is InChI=1S/C16H20IN3O/c1-20(16(12-18)9-3-2-4-10-16)15(21)11-19-14-7-5-13(17)6-8-14/h5-8,19H,2-4,9-11H2,1H3. The van der Waals surface area contributed by atoms with E-state index < -0.39 is 5.54 Å². The molecular weight excluding hydrogens is 377 g/mol. The first-order valence-corrected chi connectivity index (χ1v) is 8.33. The molecule has 4 nitrogen and oxygen atoms in total. The van der Waals surface area contributed by atoms with E-state index in [0.29, 0.717) is 0 Å². The van der Waals surface area contributed by atoms with Gasteiger partial charge in [0.15, 0.2) is 0 Å². The number of carbonyl (C=O) groups excluding carboxylic acids is 1. The Labute approximate surface area is 139 Å². The molecule has 0 atom stereocenters. The zero-order valence-electron chi connectivity index (χ0n) is 12.2. The van der Waals surface area contributed by atoms with Crippen LogP contribution in [0.4, 0.5) is 5.69 Å². The number of rotatable bonds is 4. The molecule has 0 aromatic heterocycles. The minimum atomic E-state index is -0.608. The summed E-state index contributed by atoms with van der Waals surface area (Å²) in [5, 5.41) is 12.6. The largest absolute Gasteiger partial charge is 0.376 e. The van der Waals surface area contributed by atoms with Gasteiger partial charge in [0, 0.05) is 16.3 Å². The highest BCUT2D eigenvalue weighted by atomic mass is 127. The highest BCUT2D eigenvalue weighted by molar-refractivity contribution is 14.1. The van der Waals surface area contributed by atoms with Crippen molar-refractivity contribution in [3.05, 3.63) is 27.8 Å². The normalized spacial score (nSPS) is 16.8. The lowest BCUT2D eigenvalue weighted by atomic mass is 9.81. The van der Waals surface area contributed by atoms with Gasteiger partial charge in [-0.25, -0.2) is 0 Å². The Hall–Kier alpha value is -1.29. The maximum Gasteiger partial charge on any atom is 0.242 e. The topological polar surface area (TPSA) is 56.1 Å². The molecule has 1 aromatic carbocycles. The fourth-order valence-electron chi connectivity index (χ4n) is 2.76. The molecule has 0 heterocycles. The van der Waals surface area contributed by atoms with Crippen molar-refractivity contribution >= 4 is 34.2 Å². The Balaban J connectivity index is 1.95. The van der Waals surface area contributed by atoms with Gasteiger partial charge in [0.1, 0.15) is 5.54 Å². The van der Waals surface area contributed by atoms with E-state index in [4.69, 9.17) is 0 Å². The zero-order chi connectivity index (χ0) is 15.3. The predicted octanol–water partition coefficient (Wildman–Crippen LogP) is 3.39. The third-order valence-electron chi connectivity index (χ3n) is 4.19. The third-order valence-corrected chi connectivity index (χ3v) is 4.91. The second kappa shape index (κ2) is 7.12. The van der Waals surface area contributed by atoms with E-state index in [1.165, 1.54) is 0 Å². The van der Waals surface area contributed by atoms with Crippen LogP contribution in [0.3, 0.4) is 0 Å². The lowest BCUT2D eigenvalue weighted by Gasteiger charge is -2.39. The molecular formula is C16H20IN3O. The van der Waals surface area contributed by atoms with Gasteiger partial charge >= 0.3 is 0 Å². The van der Waals surface area contributed by atoms with Crippen molar-refractivity contribution in [2.45, 2.75) is 37.6 Å². The molecule has 1 amide bonds. The smallest absolute Gasteiger partial charge is 0.242 e. The number of amides is 1. The van der Waals surface area contributed by atoms with Gasteiger partial charge in [0.05, 0.1) is 12.6 Å². The predicted molar refractivity (Wildman–Crippen MR) is 91.8 cm³/mol. The number of nitrogens with one attached hydrogen (secondary N) is 1. The molecule has 0 radical (unpaired) electrons. The number of nitrogens with zero attached hydrogens (tertiary/aromatic N) is 2. The van der Waals surface area contributed by atoms with Crippen LogP contribution in [0.25, 0.3) is 0 Å². The molecule has 1 saturated carbocycles. The van der Waals surface area contributed by atoms with Crippen LogP contribution in [0.15, 0.2) is 24.3 Å². The first kappa shape index (κ1) is 16.1. The molecule has 112 valence electrons. The number of benzene rings is 1. The van der Waals surface area contributed by atoms with Gasteiger partial charge in [0.2, 0.25) is 5.91 Å². The van der Waals surface area contributed by atoms with Gasteiger partial charge in [-0.2, -0.15) is 5.26 Å². The summed E-state index contributed by atoms with van der Waals surface area (Å²) in [5.41, 5.74) is 0.315. The van der Waals surface area contributed by atoms with Gasteiger partial charge < -0.3 is 10.2 Å². The second-order valence-corrected chi connectivity index (χ2v) is 6.76. The zero-order valence-corrected chi connectivity index (χ0v) is 14.4. The molecule has 0 aliphatic heterocycles. The van der Waals surface area contributed by atoms with Gasteiger partial charge in [-0.15, -0.1) is 0 Å². The van der Waals surface area contributed by atoms with Crippen LogP contribution < -0.4 is 5.32 Å². The van der Waals surface area contributed by atoms with Crippen molar-refractivity contribution in [1.29, 1.82) is 5.26 Å². The summed E-state index contributed by atoms with van der Waals surface area (Å²) >= 11 is 2.25. The Morgan fingerprint density at radius 2 is 1.95 bits per heavy atom. The summed E-state index contributed by atoms with van der Waals surface area (Å²) in [5.74, 6) is -0.0306. The van der Waals surface area contributed by atoms with Crippen LogP contribution in [0.5, 0.6) is 0 Å². The Morgan fingerprint density at radius 3 is 2.52 bits per heavy atom. The maximum atomic E-state index is 12.4. The second-order valence-electron chi connectivity index (χ2n) is 5.52. The molecule has 1 aliphatic carbocycles. The van der Waals surface area contributed by atoms with E-state index in [-0.39, 0.29) is 12.5 Å². The number of likely N-dealkylation sites (N-methyl/N-ethyl adjacent to an activating group) is 1. The monoisotopic (exact) mass is 397 g/mol. The first-order valence-electron chi connectivity index (χ1n) is 7.25. The van der Waals surface area contributed by atoms with Crippen molar-refractivity contribution in [2.75, 3.05) is 18.9 Å². The van der Waals surface area contributed by atoms with Crippen LogP contribution >= 0.6 is 22.6 Å². The van der Waals surface area contributed by atoms with Gasteiger partial charge in [-0.05, 0) is 59.7 Å². The maximum absolute atomic E-state index is 12.4. The summed E-state index contributed by atoms with van der Waals surface area (Å²) < 4.78 is 1.16. The van der Waals surface area contributed by atoms with Crippen molar-refractivity contribution < 1.29 is 4.79 Å². The van der Waals surface area contributed by atoms with Crippen molar-refractivity contribution in [3.8, 4) is 6.07 Å². The Bertz CT molecular complexity index is 529. The lowest BCUT2D eigenvalue weighted by molar-refractivity contribution is -0.132. The van der Waals surface area contributed by atoms with E-state index in [2.05, 4.69) is 34.0 Å². The molecule has 1 aliphatic rings. The summed E-state index contributed by atoms with van der Waals surface area (Å²) in [6.45, 7) is 0.223. The van der Waals surface area contributed by atoms with Crippen LogP contribution in [-0.4, -0.2) is 29.9 Å². The number of hydrogen-bond acceptors (Lipinski definition) is 3. The third kappa shape index (κ3) is 3.88. The van der Waals surface area contributed by atoms with Crippen molar-refractivity contribution in [3.63, 3.8) is 0 Å². The summed E-state index contributed by atoms with van der Waals surface area (Å²) in [6, 6.07) is 10.3. The highest BCUT2D eigenvalue weighted by Crippen LogP contribution is 2.32.